The van der Waals surface area contributed by atoms with E-state index in [2.05, 4.69) is 0 Å². The van der Waals surface area contributed by atoms with Gasteiger partial charge in [0.1, 0.15) is 0 Å². The molecule has 4 heteroatoms. The van der Waals surface area contributed by atoms with Gasteiger partial charge < -0.3 is 9.30 Å². The van der Waals surface area contributed by atoms with Crippen molar-refractivity contribution >= 4 is 5.97 Å². The monoisotopic (exact) mass is 271 g/mol. The third-order valence-corrected chi connectivity index (χ3v) is 3.17. The highest BCUT2D eigenvalue weighted by atomic mass is 16.5. The summed E-state index contributed by atoms with van der Waals surface area (Å²) < 4.78 is 6.32. The first kappa shape index (κ1) is 14.1. The molecule has 0 atom stereocenters. The Kier molecular flexibility index (Phi) is 4.35. The normalized spacial score (nSPS) is 10.3. The number of benzene rings is 1. The van der Waals surface area contributed by atoms with E-state index in [0.29, 0.717) is 6.54 Å². The molecule has 2 rings (SSSR count). The molecule has 1 aromatic heterocycles. The maximum absolute atomic E-state index is 11.9. The summed E-state index contributed by atoms with van der Waals surface area (Å²) in [5, 5.41) is 0. The molecule has 0 amide bonds. The number of ether oxygens (including phenoxy) is 1. The number of methoxy groups -OCH3 is 1. The second kappa shape index (κ2) is 6.19. The van der Waals surface area contributed by atoms with E-state index in [0.717, 1.165) is 16.7 Å². The summed E-state index contributed by atoms with van der Waals surface area (Å²) in [5.74, 6) is -0.284. The SMILES string of the molecule is COC(=O)Cc1ccccc1Cn1ccc(C)cc1=O. The number of aromatic nitrogens is 1. The van der Waals surface area contributed by atoms with Crippen LogP contribution in [0.15, 0.2) is 47.4 Å². The highest BCUT2D eigenvalue weighted by molar-refractivity contribution is 5.72. The van der Waals surface area contributed by atoms with Crippen LogP contribution in [0.1, 0.15) is 16.7 Å². The van der Waals surface area contributed by atoms with Crippen LogP contribution in [0.25, 0.3) is 0 Å². The second-order valence-electron chi connectivity index (χ2n) is 4.69. The summed E-state index contributed by atoms with van der Waals surface area (Å²) in [6.45, 7) is 2.34. The summed E-state index contributed by atoms with van der Waals surface area (Å²) in [6.07, 6.45) is 1.99. The average molecular weight is 271 g/mol. The minimum absolute atomic E-state index is 0.0436. The quantitative estimate of drug-likeness (QED) is 0.798. The van der Waals surface area contributed by atoms with Gasteiger partial charge in [0.05, 0.1) is 20.1 Å². The summed E-state index contributed by atoms with van der Waals surface area (Å²) >= 11 is 0. The lowest BCUT2D eigenvalue weighted by Crippen LogP contribution is -2.20. The van der Waals surface area contributed by atoms with Crippen LogP contribution in [0.2, 0.25) is 0 Å². The van der Waals surface area contributed by atoms with Crippen molar-refractivity contribution in [1.29, 1.82) is 0 Å². The van der Waals surface area contributed by atoms with Crippen LogP contribution in [0.4, 0.5) is 0 Å². The van der Waals surface area contributed by atoms with Gasteiger partial charge in [0.2, 0.25) is 0 Å². The summed E-state index contributed by atoms with van der Waals surface area (Å²) in [5.41, 5.74) is 2.72. The molecule has 4 nitrogen and oxygen atoms in total. The fraction of sp³-hybridized carbons (Fsp3) is 0.250. The van der Waals surface area contributed by atoms with E-state index in [9.17, 15) is 9.59 Å². The Balaban J connectivity index is 2.29. The fourth-order valence-corrected chi connectivity index (χ4v) is 2.03. The van der Waals surface area contributed by atoms with E-state index in [-0.39, 0.29) is 17.9 Å². The van der Waals surface area contributed by atoms with E-state index in [4.69, 9.17) is 4.74 Å². The Bertz CT molecular complexity index is 673. The highest BCUT2D eigenvalue weighted by Crippen LogP contribution is 2.11. The maximum atomic E-state index is 11.9. The van der Waals surface area contributed by atoms with Crippen LogP contribution in [-0.4, -0.2) is 17.6 Å². The molecule has 20 heavy (non-hydrogen) atoms. The molecule has 0 aliphatic rings. The van der Waals surface area contributed by atoms with Gasteiger partial charge in [-0.3, -0.25) is 9.59 Å². The maximum Gasteiger partial charge on any atom is 0.309 e. The predicted molar refractivity (Wildman–Crippen MR) is 76.7 cm³/mol. The molecule has 1 aromatic carbocycles. The van der Waals surface area contributed by atoms with E-state index < -0.39 is 0 Å². The van der Waals surface area contributed by atoms with Crippen molar-refractivity contribution in [3.8, 4) is 0 Å². The van der Waals surface area contributed by atoms with E-state index in [1.165, 1.54) is 7.11 Å². The Morgan fingerprint density at radius 2 is 1.90 bits per heavy atom. The molecule has 0 N–H and O–H groups in total. The van der Waals surface area contributed by atoms with Gasteiger partial charge >= 0.3 is 5.97 Å². The Morgan fingerprint density at radius 3 is 2.55 bits per heavy atom. The van der Waals surface area contributed by atoms with Gasteiger partial charge in [0.15, 0.2) is 0 Å². The molecular weight excluding hydrogens is 254 g/mol. The summed E-state index contributed by atoms with van der Waals surface area (Å²) in [6, 6.07) is 11.1. The molecule has 0 saturated heterocycles. The van der Waals surface area contributed by atoms with Gasteiger partial charge in [-0.1, -0.05) is 24.3 Å². The smallest absolute Gasteiger partial charge is 0.309 e. The molecule has 0 aliphatic heterocycles. The van der Waals surface area contributed by atoms with Crippen LogP contribution in [-0.2, 0) is 22.5 Å². The lowest BCUT2D eigenvalue weighted by atomic mass is 10.0. The number of rotatable bonds is 4. The van der Waals surface area contributed by atoms with E-state index in [1.54, 1.807) is 16.8 Å². The second-order valence-corrected chi connectivity index (χ2v) is 4.69. The molecule has 104 valence electrons. The Hall–Kier alpha value is -2.36. The number of carbonyl (C=O) groups excluding carboxylic acids is 1. The number of esters is 1. The Morgan fingerprint density at radius 1 is 1.20 bits per heavy atom. The van der Waals surface area contributed by atoms with Crippen molar-refractivity contribution in [2.75, 3.05) is 7.11 Å². The van der Waals surface area contributed by atoms with Gasteiger partial charge in [-0.15, -0.1) is 0 Å². The van der Waals surface area contributed by atoms with Gasteiger partial charge in [-0.25, -0.2) is 0 Å². The molecule has 0 spiro atoms. The predicted octanol–water partition coefficient (Wildman–Crippen LogP) is 1.92. The van der Waals surface area contributed by atoms with Crippen molar-refractivity contribution in [3.63, 3.8) is 0 Å². The first-order valence-electron chi connectivity index (χ1n) is 6.41. The van der Waals surface area contributed by atoms with Gasteiger partial charge in [-0.2, -0.15) is 0 Å². The third kappa shape index (κ3) is 3.35. The van der Waals surface area contributed by atoms with E-state index in [1.807, 2.05) is 37.3 Å². The number of carbonyl (C=O) groups is 1. The number of hydrogen-bond donors (Lipinski definition) is 0. The molecule has 0 saturated carbocycles. The molecule has 2 aromatic rings. The molecule has 0 bridgehead atoms. The number of pyridine rings is 1. The van der Waals surface area contributed by atoms with Crippen molar-refractivity contribution < 1.29 is 9.53 Å². The van der Waals surface area contributed by atoms with E-state index >= 15 is 0 Å². The summed E-state index contributed by atoms with van der Waals surface area (Å²) in [7, 11) is 1.37. The molecule has 0 unspecified atom stereocenters. The van der Waals surface area contributed by atoms with Crippen molar-refractivity contribution in [3.05, 3.63) is 69.6 Å². The minimum Gasteiger partial charge on any atom is -0.469 e. The van der Waals surface area contributed by atoms with Crippen molar-refractivity contribution in [2.45, 2.75) is 19.9 Å². The first-order valence-corrected chi connectivity index (χ1v) is 6.41. The highest BCUT2D eigenvalue weighted by Gasteiger charge is 2.08. The first-order chi connectivity index (χ1) is 9.60. The zero-order valence-electron chi connectivity index (χ0n) is 11.6. The van der Waals surface area contributed by atoms with Crippen LogP contribution in [0.3, 0.4) is 0 Å². The molecule has 1 heterocycles. The number of hydrogen-bond acceptors (Lipinski definition) is 3. The average Bonchev–Trinajstić information content (AvgIpc) is 2.43. The number of aryl methyl sites for hydroxylation is 1. The molecule has 0 fully saturated rings. The minimum atomic E-state index is -0.284. The topological polar surface area (TPSA) is 48.3 Å². The Labute approximate surface area is 117 Å². The van der Waals surface area contributed by atoms with Crippen LogP contribution < -0.4 is 5.56 Å². The van der Waals surface area contributed by atoms with Gasteiger partial charge in [0, 0.05) is 12.3 Å². The lowest BCUT2D eigenvalue weighted by molar-refractivity contribution is -0.139. The van der Waals surface area contributed by atoms with Gasteiger partial charge in [-0.05, 0) is 29.7 Å². The zero-order valence-corrected chi connectivity index (χ0v) is 11.6. The van der Waals surface area contributed by atoms with Crippen molar-refractivity contribution in [2.24, 2.45) is 0 Å². The fourth-order valence-electron chi connectivity index (χ4n) is 2.03. The molecule has 0 aliphatic carbocycles. The van der Waals surface area contributed by atoms with Gasteiger partial charge in [0.25, 0.3) is 5.56 Å². The van der Waals surface area contributed by atoms with Crippen molar-refractivity contribution in [1.82, 2.24) is 4.57 Å². The van der Waals surface area contributed by atoms with Crippen LogP contribution >= 0.6 is 0 Å². The van der Waals surface area contributed by atoms with Crippen LogP contribution in [0.5, 0.6) is 0 Å². The number of nitrogens with zero attached hydrogens (tertiary/aromatic N) is 1. The third-order valence-electron chi connectivity index (χ3n) is 3.17. The molecule has 0 radical (unpaired) electrons. The molecular formula is C16H17NO3. The standard InChI is InChI=1S/C16H17NO3/c1-12-7-8-17(15(18)9-12)11-14-6-4-3-5-13(14)10-16(19)20-2/h3-9H,10-11H2,1-2H3. The zero-order chi connectivity index (χ0) is 14.5. The van der Waals surface area contributed by atoms with Crippen LogP contribution in [0, 0.1) is 6.92 Å². The largest absolute Gasteiger partial charge is 0.469 e. The summed E-state index contributed by atoms with van der Waals surface area (Å²) in [4.78, 5) is 23.3. The lowest BCUT2D eigenvalue weighted by Gasteiger charge is -2.10.